The molecular weight excluding hydrogens is 338 g/mol. The van der Waals surface area contributed by atoms with Crippen LogP contribution in [0.5, 0.6) is 0 Å². The quantitative estimate of drug-likeness (QED) is 0.871. The topological polar surface area (TPSA) is 75.4 Å². The molecule has 0 spiro atoms. The van der Waals surface area contributed by atoms with Crippen molar-refractivity contribution in [2.45, 2.75) is 32.7 Å². The van der Waals surface area contributed by atoms with Gasteiger partial charge in [-0.3, -0.25) is 9.59 Å². The molecule has 5 nitrogen and oxygen atoms in total. The molecule has 1 aliphatic rings. The molecule has 27 heavy (non-hydrogen) atoms. The summed E-state index contributed by atoms with van der Waals surface area (Å²) < 4.78 is 0. The number of aryl methyl sites for hydroxylation is 1. The molecule has 0 aromatic heterocycles. The third-order valence-corrected chi connectivity index (χ3v) is 5.26. The van der Waals surface area contributed by atoms with E-state index < -0.39 is 0 Å². The fraction of sp³-hybridized carbons (Fsp3) is 0.364. The first kappa shape index (κ1) is 19.1. The highest BCUT2D eigenvalue weighted by atomic mass is 16.2. The van der Waals surface area contributed by atoms with Crippen molar-refractivity contribution < 1.29 is 9.59 Å². The maximum atomic E-state index is 13.0. The van der Waals surface area contributed by atoms with E-state index in [0.29, 0.717) is 35.8 Å². The average molecular weight is 365 g/mol. The first-order valence-electron chi connectivity index (χ1n) is 9.47. The van der Waals surface area contributed by atoms with Gasteiger partial charge in [-0.2, -0.15) is 0 Å². The lowest BCUT2D eigenvalue weighted by molar-refractivity contribution is 0.0682. The van der Waals surface area contributed by atoms with Crippen LogP contribution in [0.15, 0.2) is 48.5 Å². The zero-order valence-electron chi connectivity index (χ0n) is 15.9. The SMILES string of the molecule is Cc1cccc(C(=O)Nc2ccccc2C(=O)N2CCC(C(C)N)CC2)c1. The number of amides is 2. The lowest BCUT2D eigenvalue weighted by Gasteiger charge is -2.34. The maximum Gasteiger partial charge on any atom is 0.255 e. The van der Waals surface area contributed by atoms with Gasteiger partial charge in [-0.25, -0.2) is 0 Å². The number of nitrogens with two attached hydrogens (primary N) is 1. The Morgan fingerprint density at radius 2 is 1.81 bits per heavy atom. The summed E-state index contributed by atoms with van der Waals surface area (Å²) in [5.41, 5.74) is 8.66. The fourth-order valence-electron chi connectivity index (χ4n) is 3.56. The van der Waals surface area contributed by atoms with Crippen LogP contribution in [0, 0.1) is 12.8 Å². The summed E-state index contributed by atoms with van der Waals surface area (Å²) in [5.74, 6) is 0.207. The van der Waals surface area contributed by atoms with Crippen molar-refractivity contribution in [3.05, 3.63) is 65.2 Å². The zero-order valence-corrected chi connectivity index (χ0v) is 15.9. The number of carbonyl (C=O) groups is 2. The standard InChI is InChI=1S/C22H27N3O2/c1-15-6-5-7-18(14-15)21(26)24-20-9-4-3-8-19(20)22(27)25-12-10-17(11-13-25)16(2)23/h3-9,14,16-17H,10-13,23H2,1-2H3,(H,24,26). The van der Waals surface area contributed by atoms with Crippen molar-refractivity contribution in [2.24, 2.45) is 11.7 Å². The van der Waals surface area contributed by atoms with Crippen LogP contribution in [0.4, 0.5) is 5.69 Å². The van der Waals surface area contributed by atoms with E-state index in [0.717, 1.165) is 18.4 Å². The fourth-order valence-corrected chi connectivity index (χ4v) is 3.56. The Kier molecular flexibility index (Phi) is 5.91. The monoisotopic (exact) mass is 365 g/mol. The molecule has 3 rings (SSSR count). The van der Waals surface area contributed by atoms with E-state index in [1.165, 1.54) is 0 Å². The molecule has 142 valence electrons. The summed E-state index contributed by atoms with van der Waals surface area (Å²) in [6.45, 7) is 5.37. The number of rotatable bonds is 4. The van der Waals surface area contributed by atoms with Crippen LogP contribution < -0.4 is 11.1 Å². The Morgan fingerprint density at radius 1 is 1.11 bits per heavy atom. The molecule has 2 aromatic rings. The van der Waals surface area contributed by atoms with Crippen molar-refractivity contribution in [2.75, 3.05) is 18.4 Å². The molecule has 0 saturated carbocycles. The summed E-state index contributed by atoms with van der Waals surface area (Å²) in [6, 6.07) is 14.7. The van der Waals surface area contributed by atoms with Crippen LogP contribution in [0.3, 0.4) is 0 Å². The number of benzene rings is 2. The van der Waals surface area contributed by atoms with Gasteiger partial charge in [-0.15, -0.1) is 0 Å². The molecule has 2 aromatic carbocycles. The van der Waals surface area contributed by atoms with Gasteiger partial charge >= 0.3 is 0 Å². The Balaban J connectivity index is 1.74. The molecule has 1 heterocycles. The molecule has 2 amide bonds. The minimum Gasteiger partial charge on any atom is -0.339 e. The first-order chi connectivity index (χ1) is 13.0. The van der Waals surface area contributed by atoms with Crippen molar-refractivity contribution in [3.8, 4) is 0 Å². The lowest BCUT2D eigenvalue weighted by atomic mass is 9.90. The van der Waals surface area contributed by atoms with E-state index in [4.69, 9.17) is 5.73 Å². The minimum absolute atomic E-state index is 0.0433. The number of piperidine rings is 1. The third-order valence-electron chi connectivity index (χ3n) is 5.26. The van der Waals surface area contributed by atoms with E-state index in [9.17, 15) is 9.59 Å². The molecule has 0 radical (unpaired) electrons. The average Bonchev–Trinajstić information content (AvgIpc) is 2.68. The first-order valence-corrected chi connectivity index (χ1v) is 9.47. The molecule has 3 N–H and O–H groups in total. The largest absolute Gasteiger partial charge is 0.339 e. The van der Waals surface area contributed by atoms with E-state index in [1.54, 1.807) is 18.2 Å². The number of nitrogens with zero attached hydrogens (tertiary/aromatic N) is 1. The second-order valence-electron chi connectivity index (χ2n) is 7.36. The van der Waals surface area contributed by atoms with E-state index in [1.807, 2.05) is 49.1 Å². The van der Waals surface area contributed by atoms with Gasteiger partial charge in [-0.1, -0.05) is 29.8 Å². The Hall–Kier alpha value is -2.66. The van der Waals surface area contributed by atoms with Gasteiger partial charge in [0.2, 0.25) is 0 Å². The molecule has 0 bridgehead atoms. The zero-order chi connectivity index (χ0) is 19.4. The number of anilines is 1. The predicted octanol–water partition coefficient (Wildman–Crippen LogP) is 3.45. The van der Waals surface area contributed by atoms with E-state index in [-0.39, 0.29) is 17.9 Å². The van der Waals surface area contributed by atoms with Crippen LogP contribution in [-0.4, -0.2) is 35.8 Å². The molecule has 0 aliphatic carbocycles. The summed E-state index contributed by atoms with van der Waals surface area (Å²) >= 11 is 0. The number of likely N-dealkylation sites (tertiary alicyclic amines) is 1. The van der Waals surface area contributed by atoms with Gasteiger partial charge in [-0.05, 0) is 56.9 Å². The normalized spacial score (nSPS) is 16.0. The van der Waals surface area contributed by atoms with E-state index in [2.05, 4.69) is 5.32 Å². The highest BCUT2D eigenvalue weighted by Crippen LogP contribution is 2.24. The van der Waals surface area contributed by atoms with Crippen LogP contribution in [0.2, 0.25) is 0 Å². The van der Waals surface area contributed by atoms with Gasteiger partial charge in [0.05, 0.1) is 11.3 Å². The number of nitrogens with one attached hydrogen (secondary N) is 1. The Morgan fingerprint density at radius 3 is 2.48 bits per heavy atom. The van der Waals surface area contributed by atoms with Gasteiger partial charge in [0.1, 0.15) is 0 Å². The molecule has 1 atom stereocenters. The molecule has 1 saturated heterocycles. The Labute approximate surface area is 160 Å². The maximum absolute atomic E-state index is 13.0. The van der Waals surface area contributed by atoms with Gasteiger partial charge in [0.25, 0.3) is 11.8 Å². The number of hydrogen-bond acceptors (Lipinski definition) is 3. The number of hydrogen-bond donors (Lipinski definition) is 2. The lowest BCUT2D eigenvalue weighted by Crippen LogP contribution is -2.42. The molecule has 5 heteroatoms. The summed E-state index contributed by atoms with van der Waals surface area (Å²) in [7, 11) is 0. The molecule has 1 aliphatic heterocycles. The van der Waals surface area contributed by atoms with Crippen molar-refractivity contribution in [3.63, 3.8) is 0 Å². The second-order valence-corrected chi connectivity index (χ2v) is 7.36. The summed E-state index contributed by atoms with van der Waals surface area (Å²) in [6.07, 6.45) is 1.84. The number of carbonyl (C=O) groups excluding carboxylic acids is 2. The Bertz CT molecular complexity index is 824. The van der Waals surface area contributed by atoms with Crippen LogP contribution in [0.1, 0.15) is 46.0 Å². The van der Waals surface area contributed by atoms with Crippen molar-refractivity contribution >= 4 is 17.5 Å². The molecular formula is C22H27N3O2. The second kappa shape index (κ2) is 8.35. The van der Waals surface area contributed by atoms with Crippen LogP contribution in [0.25, 0.3) is 0 Å². The molecule has 1 fully saturated rings. The highest BCUT2D eigenvalue weighted by Gasteiger charge is 2.26. The minimum atomic E-state index is -0.213. The van der Waals surface area contributed by atoms with Crippen LogP contribution in [-0.2, 0) is 0 Å². The van der Waals surface area contributed by atoms with E-state index >= 15 is 0 Å². The van der Waals surface area contributed by atoms with Gasteiger partial charge in [0, 0.05) is 24.7 Å². The summed E-state index contributed by atoms with van der Waals surface area (Å²) in [4.78, 5) is 27.5. The summed E-state index contributed by atoms with van der Waals surface area (Å²) in [5, 5.41) is 2.89. The van der Waals surface area contributed by atoms with Crippen molar-refractivity contribution in [1.29, 1.82) is 0 Å². The van der Waals surface area contributed by atoms with Crippen LogP contribution >= 0.6 is 0 Å². The smallest absolute Gasteiger partial charge is 0.255 e. The molecule has 1 unspecified atom stereocenters. The van der Waals surface area contributed by atoms with Crippen molar-refractivity contribution in [1.82, 2.24) is 4.90 Å². The highest BCUT2D eigenvalue weighted by molar-refractivity contribution is 6.09. The third kappa shape index (κ3) is 4.55. The van der Waals surface area contributed by atoms with Gasteiger partial charge < -0.3 is 16.0 Å². The number of para-hydroxylation sites is 1. The predicted molar refractivity (Wildman–Crippen MR) is 108 cm³/mol. The van der Waals surface area contributed by atoms with Gasteiger partial charge in [0.15, 0.2) is 0 Å².